The Balaban J connectivity index is 1.48. The van der Waals surface area contributed by atoms with Gasteiger partial charge in [0, 0.05) is 5.69 Å². The third-order valence-electron chi connectivity index (χ3n) is 3.39. The standard InChI is InChI=1S/C14H11N9O2S/c24-12(8-21-14(25)23(20-19-21)13-5-2-6-26-13)16-10-3-1-4-11(7-10)22-9-15-17-18-22/h1-7,9H,8H2,(H,16,24). The highest BCUT2D eigenvalue weighted by Gasteiger charge is 2.13. The summed E-state index contributed by atoms with van der Waals surface area (Å²) in [7, 11) is 0. The van der Waals surface area contributed by atoms with E-state index in [1.807, 2.05) is 5.38 Å². The van der Waals surface area contributed by atoms with Crippen LogP contribution in [0.1, 0.15) is 0 Å². The number of carbonyl (C=O) groups is 1. The van der Waals surface area contributed by atoms with Gasteiger partial charge in [0.1, 0.15) is 17.9 Å². The molecule has 26 heavy (non-hydrogen) atoms. The van der Waals surface area contributed by atoms with Crippen molar-refractivity contribution in [2.24, 2.45) is 0 Å². The Morgan fingerprint density at radius 2 is 2.08 bits per heavy atom. The van der Waals surface area contributed by atoms with E-state index in [0.717, 1.165) is 9.36 Å². The van der Waals surface area contributed by atoms with Gasteiger partial charge in [-0.25, -0.2) is 9.48 Å². The van der Waals surface area contributed by atoms with Gasteiger partial charge < -0.3 is 5.32 Å². The number of aromatic nitrogens is 8. The van der Waals surface area contributed by atoms with E-state index in [1.54, 1.807) is 36.4 Å². The van der Waals surface area contributed by atoms with Crippen LogP contribution in [0.4, 0.5) is 5.69 Å². The molecular formula is C14H11N9O2S. The molecule has 130 valence electrons. The van der Waals surface area contributed by atoms with Crippen LogP contribution in [0, 0.1) is 0 Å². The normalized spacial score (nSPS) is 10.8. The molecule has 0 aliphatic carbocycles. The Bertz CT molecular complexity index is 1080. The summed E-state index contributed by atoms with van der Waals surface area (Å²) in [5.74, 6) is -0.404. The minimum atomic E-state index is -0.481. The molecular weight excluding hydrogens is 358 g/mol. The van der Waals surface area contributed by atoms with E-state index in [2.05, 4.69) is 31.3 Å². The number of thiophene rings is 1. The van der Waals surface area contributed by atoms with Crippen LogP contribution >= 0.6 is 11.3 Å². The number of tetrazole rings is 2. The lowest BCUT2D eigenvalue weighted by Gasteiger charge is -2.06. The van der Waals surface area contributed by atoms with Crippen molar-refractivity contribution in [2.45, 2.75) is 6.54 Å². The second-order valence-corrected chi connectivity index (χ2v) is 6.06. The molecule has 0 aliphatic heterocycles. The molecule has 0 saturated heterocycles. The maximum Gasteiger partial charge on any atom is 0.369 e. The topological polar surface area (TPSA) is 125 Å². The van der Waals surface area contributed by atoms with E-state index in [4.69, 9.17) is 0 Å². The van der Waals surface area contributed by atoms with Crippen molar-refractivity contribution >= 4 is 22.9 Å². The number of nitrogens with one attached hydrogen (secondary N) is 1. The van der Waals surface area contributed by atoms with Gasteiger partial charge >= 0.3 is 5.69 Å². The van der Waals surface area contributed by atoms with Crippen LogP contribution in [0.3, 0.4) is 0 Å². The lowest BCUT2D eigenvalue weighted by Crippen LogP contribution is -2.29. The first-order valence-electron chi connectivity index (χ1n) is 7.41. The maximum absolute atomic E-state index is 12.3. The van der Waals surface area contributed by atoms with Crippen molar-refractivity contribution in [3.8, 4) is 10.7 Å². The van der Waals surface area contributed by atoms with Crippen molar-refractivity contribution in [1.82, 2.24) is 40.0 Å². The van der Waals surface area contributed by atoms with Crippen LogP contribution in [0.2, 0.25) is 0 Å². The predicted molar refractivity (Wildman–Crippen MR) is 91.3 cm³/mol. The number of anilines is 1. The predicted octanol–water partition coefficient (Wildman–Crippen LogP) is 0.105. The highest BCUT2D eigenvalue weighted by atomic mass is 32.1. The number of amides is 1. The summed E-state index contributed by atoms with van der Waals surface area (Å²) in [4.78, 5) is 24.5. The Kier molecular flexibility index (Phi) is 4.07. The first kappa shape index (κ1) is 15.8. The molecule has 0 fully saturated rings. The molecule has 3 heterocycles. The molecule has 1 N–H and O–H groups in total. The van der Waals surface area contributed by atoms with Crippen LogP contribution in [-0.2, 0) is 11.3 Å². The monoisotopic (exact) mass is 369 g/mol. The third-order valence-corrected chi connectivity index (χ3v) is 4.23. The van der Waals surface area contributed by atoms with E-state index in [1.165, 1.54) is 22.3 Å². The molecule has 1 amide bonds. The highest BCUT2D eigenvalue weighted by molar-refractivity contribution is 7.12. The number of rotatable bonds is 5. The summed E-state index contributed by atoms with van der Waals surface area (Å²) in [5, 5.41) is 23.6. The van der Waals surface area contributed by atoms with Crippen LogP contribution in [0.5, 0.6) is 0 Å². The molecule has 0 bridgehead atoms. The molecule has 0 atom stereocenters. The van der Waals surface area contributed by atoms with Crippen molar-refractivity contribution in [1.29, 1.82) is 0 Å². The molecule has 4 aromatic rings. The zero-order valence-electron chi connectivity index (χ0n) is 13.1. The molecule has 3 aromatic heterocycles. The highest BCUT2D eigenvalue weighted by Crippen LogP contribution is 2.13. The number of nitrogens with zero attached hydrogens (tertiary/aromatic N) is 8. The summed E-state index contributed by atoms with van der Waals surface area (Å²) >= 11 is 1.35. The second kappa shape index (κ2) is 6.68. The molecule has 1 aromatic carbocycles. The zero-order chi connectivity index (χ0) is 17.9. The summed E-state index contributed by atoms with van der Waals surface area (Å²) in [6.07, 6.45) is 1.45. The maximum atomic E-state index is 12.3. The van der Waals surface area contributed by atoms with Crippen molar-refractivity contribution < 1.29 is 4.79 Å². The lowest BCUT2D eigenvalue weighted by atomic mass is 10.3. The first-order valence-corrected chi connectivity index (χ1v) is 8.29. The fourth-order valence-electron chi connectivity index (χ4n) is 2.24. The molecule has 11 nitrogen and oxygen atoms in total. The first-order chi connectivity index (χ1) is 12.7. The van der Waals surface area contributed by atoms with Crippen LogP contribution in [0.25, 0.3) is 10.7 Å². The Morgan fingerprint density at radius 1 is 1.15 bits per heavy atom. The molecule has 0 unspecified atom stereocenters. The Labute approximate surface area is 149 Å². The van der Waals surface area contributed by atoms with Gasteiger partial charge in [0.25, 0.3) is 0 Å². The van der Waals surface area contributed by atoms with E-state index < -0.39 is 11.6 Å². The lowest BCUT2D eigenvalue weighted by molar-refractivity contribution is -0.117. The summed E-state index contributed by atoms with van der Waals surface area (Å²) in [6.45, 7) is -0.251. The van der Waals surface area contributed by atoms with Crippen molar-refractivity contribution in [2.75, 3.05) is 5.32 Å². The Hall–Kier alpha value is -3.67. The largest absolute Gasteiger partial charge is 0.369 e. The quantitative estimate of drug-likeness (QED) is 0.529. The molecule has 0 aliphatic rings. The van der Waals surface area contributed by atoms with Gasteiger partial charge in [-0.05, 0) is 56.6 Å². The van der Waals surface area contributed by atoms with Gasteiger partial charge in [-0.15, -0.1) is 16.4 Å². The minimum absolute atomic E-state index is 0.251. The van der Waals surface area contributed by atoms with Crippen LogP contribution in [-0.4, -0.2) is 45.9 Å². The Morgan fingerprint density at radius 3 is 2.85 bits per heavy atom. The number of benzene rings is 1. The SMILES string of the molecule is O=C(Cn1nnn(-c2cccs2)c1=O)Nc1cccc(-n2cnnn2)c1. The minimum Gasteiger partial charge on any atom is -0.324 e. The van der Waals surface area contributed by atoms with E-state index >= 15 is 0 Å². The molecule has 12 heteroatoms. The van der Waals surface area contributed by atoms with Gasteiger partial charge in [-0.3, -0.25) is 4.79 Å². The van der Waals surface area contributed by atoms with Crippen LogP contribution < -0.4 is 11.0 Å². The summed E-state index contributed by atoms with van der Waals surface area (Å²) < 4.78 is 3.61. The number of hydrogen-bond donors (Lipinski definition) is 1. The molecule has 0 saturated carbocycles. The van der Waals surface area contributed by atoms with Crippen molar-refractivity contribution in [3.63, 3.8) is 0 Å². The average Bonchev–Trinajstić information content (AvgIpc) is 3.38. The van der Waals surface area contributed by atoms with Crippen LogP contribution in [0.15, 0.2) is 52.9 Å². The van der Waals surface area contributed by atoms with Gasteiger partial charge in [0.15, 0.2) is 0 Å². The van der Waals surface area contributed by atoms with Crippen molar-refractivity contribution in [3.05, 3.63) is 58.6 Å². The fraction of sp³-hybridized carbons (Fsp3) is 0.0714. The molecule has 0 spiro atoms. The van der Waals surface area contributed by atoms with E-state index in [0.29, 0.717) is 16.4 Å². The van der Waals surface area contributed by atoms with Gasteiger partial charge in [-0.1, -0.05) is 6.07 Å². The average molecular weight is 369 g/mol. The molecule has 4 rings (SSSR count). The summed E-state index contributed by atoms with van der Waals surface area (Å²) in [6, 6.07) is 10.5. The number of hydrogen-bond acceptors (Lipinski definition) is 8. The smallest absolute Gasteiger partial charge is 0.324 e. The summed E-state index contributed by atoms with van der Waals surface area (Å²) in [5.41, 5.74) is 0.750. The number of carbonyl (C=O) groups excluding carboxylic acids is 1. The second-order valence-electron chi connectivity index (χ2n) is 5.14. The van der Waals surface area contributed by atoms with Gasteiger partial charge in [-0.2, -0.15) is 9.36 Å². The van der Waals surface area contributed by atoms with E-state index in [-0.39, 0.29) is 6.54 Å². The van der Waals surface area contributed by atoms with Gasteiger partial charge in [0.2, 0.25) is 5.91 Å². The molecule has 0 radical (unpaired) electrons. The fourth-order valence-corrected chi connectivity index (χ4v) is 2.91. The third kappa shape index (κ3) is 3.12. The van der Waals surface area contributed by atoms with Gasteiger partial charge in [0.05, 0.1) is 5.69 Å². The van der Waals surface area contributed by atoms with E-state index in [9.17, 15) is 9.59 Å². The zero-order valence-corrected chi connectivity index (χ0v) is 13.9.